The molecule has 3 N–H and O–H groups in total. The zero-order valence-corrected chi connectivity index (χ0v) is 10.3. The Hall–Kier alpha value is -0.580. The molecule has 0 fully saturated rings. The largest absolute Gasteiger partial charge is 0.508 e. The molecule has 0 aromatic heterocycles. The molecule has 0 aliphatic heterocycles. The van der Waals surface area contributed by atoms with Crippen LogP contribution in [0.4, 0.5) is 0 Å². The van der Waals surface area contributed by atoms with Crippen LogP contribution in [0.15, 0.2) is 22.7 Å². The van der Waals surface area contributed by atoms with Crippen molar-refractivity contribution in [3.8, 4) is 5.75 Å². The fourth-order valence-electron chi connectivity index (χ4n) is 1.28. The molecule has 0 spiro atoms. The first-order valence-corrected chi connectivity index (χ1v) is 5.74. The summed E-state index contributed by atoms with van der Waals surface area (Å²) in [4.78, 5) is 0. The quantitative estimate of drug-likeness (QED) is 0.770. The Balaban J connectivity index is 2.53. The van der Waals surface area contributed by atoms with Crippen molar-refractivity contribution in [1.82, 2.24) is 5.32 Å². The number of nitrogens with one attached hydrogen (secondary N) is 1. The molecule has 0 saturated carbocycles. The molecule has 84 valence electrons. The standard InChI is InChI=1S/C11H16BrNO2/c1-8(4-5-14)13-7-9-6-10(15)2-3-11(9)12/h2-3,6,8,13-15H,4-5,7H2,1H3. The van der Waals surface area contributed by atoms with Crippen LogP contribution in [-0.2, 0) is 6.54 Å². The summed E-state index contributed by atoms with van der Waals surface area (Å²) >= 11 is 3.42. The van der Waals surface area contributed by atoms with Crippen LogP contribution in [0.1, 0.15) is 18.9 Å². The molecule has 1 atom stereocenters. The van der Waals surface area contributed by atoms with Crippen molar-refractivity contribution in [3.63, 3.8) is 0 Å². The number of rotatable bonds is 5. The maximum atomic E-state index is 9.32. The highest BCUT2D eigenvalue weighted by Crippen LogP contribution is 2.21. The Kier molecular flexibility index (Phi) is 5.08. The van der Waals surface area contributed by atoms with E-state index in [0.29, 0.717) is 6.54 Å². The molecule has 0 heterocycles. The van der Waals surface area contributed by atoms with Gasteiger partial charge in [-0.05, 0) is 37.1 Å². The Morgan fingerprint density at radius 3 is 2.87 bits per heavy atom. The summed E-state index contributed by atoms with van der Waals surface area (Å²) in [6.07, 6.45) is 0.733. The van der Waals surface area contributed by atoms with Crippen molar-refractivity contribution >= 4 is 15.9 Å². The predicted octanol–water partition coefficient (Wildman–Crippen LogP) is 2.02. The van der Waals surface area contributed by atoms with Crippen LogP contribution < -0.4 is 5.32 Å². The van der Waals surface area contributed by atoms with E-state index in [1.165, 1.54) is 0 Å². The van der Waals surface area contributed by atoms with Crippen LogP contribution in [0.5, 0.6) is 5.75 Å². The van der Waals surface area contributed by atoms with E-state index in [0.717, 1.165) is 16.5 Å². The van der Waals surface area contributed by atoms with E-state index < -0.39 is 0 Å². The number of benzene rings is 1. The van der Waals surface area contributed by atoms with Crippen molar-refractivity contribution in [2.24, 2.45) is 0 Å². The number of hydrogen-bond donors (Lipinski definition) is 3. The van der Waals surface area contributed by atoms with Gasteiger partial charge in [-0.2, -0.15) is 0 Å². The molecule has 0 saturated heterocycles. The Morgan fingerprint density at radius 1 is 1.47 bits per heavy atom. The summed E-state index contributed by atoms with van der Waals surface area (Å²) < 4.78 is 0.976. The van der Waals surface area contributed by atoms with Crippen molar-refractivity contribution < 1.29 is 10.2 Å². The molecule has 0 amide bonds. The van der Waals surface area contributed by atoms with E-state index in [2.05, 4.69) is 21.2 Å². The van der Waals surface area contributed by atoms with Gasteiger partial charge in [0.05, 0.1) is 0 Å². The number of aliphatic hydroxyl groups is 1. The molecular weight excluding hydrogens is 258 g/mol. The lowest BCUT2D eigenvalue weighted by Gasteiger charge is -2.13. The van der Waals surface area contributed by atoms with Crippen LogP contribution in [-0.4, -0.2) is 22.9 Å². The summed E-state index contributed by atoms with van der Waals surface area (Å²) in [5, 5.41) is 21.3. The van der Waals surface area contributed by atoms with Gasteiger partial charge in [0.1, 0.15) is 5.75 Å². The first-order valence-electron chi connectivity index (χ1n) is 4.95. The number of phenols is 1. The van der Waals surface area contributed by atoms with Crippen molar-refractivity contribution in [1.29, 1.82) is 0 Å². The third-order valence-corrected chi connectivity index (χ3v) is 3.01. The fourth-order valence-corrected chi connectivity index (χ4v) is 1.66. The van der Waals surface area contributed by atoms with Gasteiger partial charge in [-0.3, -0.25) is 0 Å². The summed E-state index contributed by atoms with van der Waals surface area (Å²) in [5.74, 6) is 0.268. The van der Waals surface area contributed by atoms with E-state index in [9.17, 15) is 5.11 Å². The molecule has 0 aliphatic carbocycles. The highest BCUT2D eigenvalue weighted by Gasteiger charge is 2.04. The summed E-state index contributed by atoms with van der Waals surface area (Å²) in [7, 11) is 0. The lowest BCUT2D eigenvalue weighted by Crippen LogP contribution is -2.26. The number of hydrogen-bond acceptors (Lipinski definition) is 3. The van der Waals surface area contributed by atoms with Gasteiger partial charge in [-0.25, -0.2) is 0 Å². The number of aliphatic hydroxyl groups excluding tert-OH is 1. The van der Waals surface area contributed by atoms with Gasteiger partial charge in [0.15, 0.2) is 0 Å². The first kappa shape index (κ1) is 12.5. The van der Waals surface area contributed by atoms with Crippen LogP contribution in [0.3, 0.4) is 0 Å². The van der Waals surface area contributed by atoms with Gasteiger partial charge in [-0.15, -0.1) is 0 Å². The van der Waals surface area contributed by atoms with Gasteiger partial charge < -0.3 is 15.5 Å². The van der Waals surface area contributed by atoms with Crippen LogP contribution in [0.25, 0.3) is 0 Å². The second-order valence-corrected chi connectivity index (χ2v) is 4.42. The molecule has 0 radical (unpaired) electrons. The van der Waals surface area contributed by atoms with E-state index in [-0.39, 0.29) is 18.4 Å². The Labute approximate surface area is 98.3 Å². The van der Waals surface area contributed by atoms with Gasteiger partial charge in [0, 0.05) is 23.7 Å². The lowest BCUT2D eigenvalue weighted by atomic mass is 10.2. The molecular formula is C11H16BrNO2. The van der Waals surface area contributed by atoms with E-state index in [1.807, 2.05) is 13.0 Å². The minimum atomic E-state index is 0.190. The minimum Gasteiger partial charge on any atom is -0.508 e. The zero-order chi connectivity index (χ0) is 11.3. The van der Waals surface area contributed by atoms with Gasteiger partial charge in [0.25, 0.3) is 0 Å². The highest BCUT2D eigenvalue weighted by molar-refractivity contribution is 9.10. The second-order valence-electron chi connectivity index (χ2n) is 3.57. The molecule has 1 aromatic rings. The minimum absolute atomic E-state index is 0.190. The van der Waals surface area contributed by atoms with Crippen molar-refractivity contribution in [3.05, 3.63) is 28.2 Å². The first-order chi connectivity index (χ1) is 7.13. The van der Waals surface area contributed by atoms with Crippen LogP contribution >= 0.6 is 15.9 Å². The third kappa shape index (κ3) is 4.20. The van der Waals surface area contributed by atoms with Gasteiger partial charge >= 0.3 is 0 Å². The Bertz CT molecular complexity index is 317. The van der Waals surface area contributed by atoms with E-state index in [4.69, 9.17) is 5.11 Å². The van der Waals surface area contributed by atoms with Crippen molar-refractivity contribution in [2.75, 3.05) is 6.61 Å². The molecule has 0 bridgehead atoms. The monoisotopic (exact) mass is 273 g/mol. The van der Waals surface area contributed by atoms with Gasteiger partial charge in [-0.1, -0.05) is 15.9 Å². The average Bonchev–Trinajstić information content (AvgIpc) is 2.20. The number of halogens is 1. The predicted molar refractivity (Wildman–Crippen MR) is 63.8 cm³/mol. The smallest absolute Gasteiger partial charge is 0.115 e. The molecule has 1 rings (SSSR count). The normalized spacial score (nSPS) is 12.7. The maximum Gasteiger partial charge on any atom is 0.115 e. The Morgan fingerprint density at radius 2 is 2.20 bits per heavy atom. The molecule has 1 unspecified atom stereocenters. The maximum absolute atomic E-state index is 9.32. The number of aromatic hydroxyl groups is 1. The summed E-state index contributed by atoms with van der Waals surface area (Å²) in [6, 6.07) is 5.46. The number of phenolic OH excluding ortho intramolecular Hbond substituents is 1. The second kappa shape index (κ2) is 6.10. The molecule has 4 heteroatoms. The van der Waals surface area contributed by atoms with Crippen LogP contribution in [0.2, 0.25) is 0 Å². The molecule has 0 aliphatic rings. The lowest BCUT2D eigenvalue weighted by molar-refractivity contribution is 0.268. The average molecular weight is 274 g/mol. The molecule has 3 nitrogen and oxygen atoms in total. The summed E-state index contributed by atoms with van der Waals surface area (Å²) in [6.45, 7) is 2.89. The van der Waals surface area contributed by atoms with Gasteiger partial charge in [0.2, 0.25) is 0 Å². The third-order valence-electron chi connectivity index (χ3n) is 2.23. The van der Waals surface area contributed by atoms with Crippen LogP contribution in [0, 0.1) is 0 Å². The highest BCUT2D eigenvalue weighted by atomic mass is 79.9. The SMILES string of the molecule is CC(CCO)NCc1cc(O)ccc1Br. The molecule has 15 heavy (non-hydrogen) atoms. The zero-order valence-electron chi connectivity index (χ0n) is 8.70. The van der Waals surface area contributed by atoms with E-state index >= 15 is 0 Å². The summed E-state index contributed by atoms with van der Waals surface area (Å²) in [5.41, 5.74) is 1.01. The van der Waals surface area contributed by atoms with Crippen molar-refractivity contribution in [2.45, 2.75) is 25.9 Å². The molecule has 1 aromatic carbocycles. The van der Waals surface area contributed by atoms with E-state index in [1.54, 1.807) is 12.1 Å². The fraction of sp³-hybridized carbons (Fsp3) is 0.455. The topological polar surface area (TPSA) is 52.5 Å².